The van der Waals surface area contributed by atoms with Crippen LogP contribution in [0.25, 0.3) is 4.85 Å². The van der Waals surface area contributed by atoms with E-state index in [1.54, 1.807) is 30.3 Å². The summed E-state index contributed by atoms with van der Waals surface area (Å²) < 4.78 is 42.4. The molecule has 2 aromatic carbocycles. The van der Waals surface area contributed by atoms with Gasteiger partial charge in [-0.15, -0.1) is 0 Å². The van der Waals surface area contributed by atoms with Crippen LogP contribution < -0.4 is 20.3 Å². The smallest absolute Gasteiger partial charge is 0.266 e. The van der Waals surface area contributed by atoms with Crippen LogP contribution in [0, 0.1) is 12.4 Å². The number of halogens is 2. The average molecular weight is 489 g/mol. The largest absolute Gasteiger partial charge is 0.373 e. The molecule has 0 radical (unpaired) electrons. The zero-order valence-corrected chi connectivity index (χ0v) is 19.5. The third kappa shape index (κ3) is 5.90. The highest BCUT2D eigenvalue weighted by molar-refractivity contribution is 7.92. The minimum atomic E-state index is -4.25. The number of nitrogens with zero attached hydrogens (tertiary/aromatic N) is 3. The summed E-state index contributed by atoms with van der Waals surface area (Å²) in [6, 6.07) is 11.8. The van der Waals surface area contributed by atoms with Gasteiger partial charge in [-0.1, -0.05) is 23.7 Å². The highest BCUT2D eigenvalue weighted by atomic mass is 35.5. The first kappa shape index (κ1) is 24.3. The summed E-state index contributed by atoms with van der Waals surface area (Å²) in [6.07, 6.45) is 1.42. The van der Waals surface area contributed by atoms with Gasteiger partial charge in [0.15, 0.2) is 5.69 Å². The minimum absolute atomic E-state index is 0.0101. The van der Waals surface area contributed by atoms with Crippen molar-refractivity contribution >= 4 is 50.2 Å². The maximum atomic E-state index is 14.9. The number of nitrogens with one attached hydrogen (secondary N) is 3. The predicted octanol–water partition coefficient (Wildman–Crippen LogP) is 4.62. The normalized spacial score (nSPS) is 11.0. The molecule has 0 aliphatic rings. The lowest BCUT2D eigenvalue weighted by atomic mass is 10.2. The van der Waals surface area contributed by atoms with Gasteiger partial charge in [-0.3, -0.25) is 4.72 Å². The number of benzene rings is 2. The van der Waals surface area contributed by atoms with E-state index in [0.29, 0.717) is 30.2 Å². The molecule has 172 valence electrons. The van der Waals surface area contributed by atoms with Crippen molar-refractivity contribution < 1.29 is 12.8 Å². The topological polar surface area (TPSA) is 90.7 Å². The van der Waals surface area contributed by atoms with Gasteiger partial charge in [0.05, 0.1) is 23.0 Å². The fourth-order valence-electron chi connectivity index (χ4n) is 3.00. The van der Waals surface area contributed by atoms with Gasteiger partial charge in [-0.2, -0.15) is 0 Å². The first-order chi connectivity index (χ1) is 15.7. The van der Waals surface area contributed by atoms with E-state index in [1.165, 1.54) is 12.3 Å². The summed E-state index contributed by atoms with van der Waals surface area (Å²) in [4.78, 5) is 8.69. The van der Waals surface area contributed by atoms with Gasteiger partial charge in [-0.05, 0) is 37.4 Å². The molecular weight excluding hydrogens is 467 g/mol. The molecule has 0 spiro atoms. The molecule has 0 fully saturated rings. The molecule has 8 nitrogen and oxygen atoms in total. The molecule has 3 N–H and O–H groups in total. The first-order valence-corrected chi connectivity index (χ1v) is 11.7. The number of hydrogen-bond acceptors (Lipinski definition) is 6. The Labute approximate surface area is 197 Å². The van der Waals surface area contributed by atoms with Crippen molar-refractivity contribution in [2.45, 2.75) is 4.90 Å². The maximum Gasteiger partial charge on any atom is 0.266 e. The van der Waals surface area contributed by atoms with Crippen molar-refractivity contribution in [2.75, 3.05) is 42.1 Å². The van der Waals surface area contributed by atoms with Crippen molar-refractivity contribution in [3.63, 3.8) is 0 Å². The van der Waals surface area contributed by atoms with Crippen molar-refractivity contribution in [1.82, 2.24) is 10.3 Å². The molecule has 3 rings (SSSR count). The fourth-order valence-corrected chi connectivity index (χ4v) is 4.37. The van der Waals surface area contributed by atoms with Gasteiger partial charge in [0.1, 0.15) is 16.5 Å². The van der Waals surface area contributed by atoms with Crippen molar-refractivity contribution in [3.8, 4) is 0 Å². The zero-order chi connectivity index (χ0) is 24.0. The average Bonchev–Trinajstić information content (AvgIpc) is 2.80. The number of aromatic nitrogens is 1. The van der Waals surface area contributed by atoms with E-state index in [9.17, 15) is 12.8 Å². The monoisotopic (exact) mass is 488 g/mol. The highest BCUT2D eigenvalue weighted by Gasteiger charge is 2.22. The molecule has 0 saturated heterocycles. The van der Waals surface area contributed by atoms with Crippen LogP contribution >= 0.6 is 11.6 Å². The molecule has 3 aromatic rings. The second kappa shape index (κ2) is 10.5. The Morgan fingerprint density at radius 3 is 2.64 bits per heavy atom. The molecule has 33 heavy (non-hydrogen) atoms. The molecule has 0 saturated carbocycles. The number of sulfonamides is 1. The minimum Gasteiger partial charge on any atom is -0.373 e. The maximum absolute atomic E-state index is 14.9. The lowest BCUT2D eigenvalue weighted by Gasteiger charge is -2.24. The van der Waals surface area contributed by atoms with E-state index in [-0.39, 0.29) is 16.5 Å². The molecule has 0 amide bonds. The lowest BCUT2D eigenvalue weighted by molar-refractivity contribution is 0.570. The Hall–Kier alpha value is -3.39. The number of anilines is 4. The predicted molar refractivity (Wildman–Crippen MR) is 130 cm³/mol. The lowest BCUT2D eigenvalue weighted by Crippen LogP contribution is -2.27. The first-order valence-electron chi connectivity index (χ1n) is 9.82. The third-order valence-electron chi connectivity index (χ3n) is 4.70. The zero-order valence-electron chi connectivity index (χ0n) is 17.9. The Morgan fingerprint density at radius 1 is 1.18 bits per heavy atom. The summed E-state index contributed by atoms with van der Waals surface area (Å²) in [5.74, 6) is -0.919. The Kier molecular flexibility index (Phi) is 7.71. The molecule has 0 aliphatic heterocycles. The molecule has 1 aromatic heterocycles. The van der Waals surface area contributed by atoms with E-state index < -0.39 is 20.7 Å². The second-order valence-corrected chi connectivity index (χ2v) is 9.10. The molecule has 11 heteroatoms. The summed E-state index contributed by atoms with van der Waals surface area (Å²) >= 11 is 6.33. The molecule has 0 bridgehead atoms. The Bertz CT molecular complexity index is 1280. The van der Waals surface area contributed by atoms with Crippen molar-refractivity contribution in [2.24, 2.45) is 0 Å². The van der Waals surface area contributed by atoms with Crippen LogP contribution in [0.5, 0.6) is 0 Å². The van der Waals surface area contributed by atoms with Crippen molar-refractivity contribution in [3.05, 3.63) is 77.0 Å². The van der Waals surface area contributed by atoms with Crippen LogP contribution in [-0.2, 0) is 10.0 Å². The number of likely N-dealkylation sites (N-methyl/N-ethyl adjacent to an activating group) is 2. The quantitative estimate of drug-likeness (QED) is 0.381. The van der Waals surface area contributed by atoms with Crippen LogP contribution in [0.15, 0.2) is 59.6 Å². The molecule has 0 unspecified atom stereocenters. The molecular formula is C22H22ClFN6O2S. The number of rotatable bonds is 9. The van der Waals surface area contributed by atoms with Crippen LogP contribution in [0.1, 0.15) is 0 Å². The number of hydrogen-bond donors (Lipinski definition) is 3. The van der Waals surface area contributed by atoms with Gasteiger partial charge in [-0.25, -0.2) is 22.6 Å². The van der Waals surface area contributed by atoms with Crippen LogP contribution in [0.3, 0.4) is 0 Å². The summed E-state index contributed by atoms with van der Waals surface area (Å²) in [6.45, 7) is 8.64. The van der Waals surface area contributed by atoms with Crippen LogP contribution in [-0.4, -0.2) is 40.6 Å². The fraction of sp³-hybridized carbons (Fsp3) is 0.182. The highest BCUT2D eigenvalue weighted by Crippen LogP contribution is 2.36. The van der Waals surface area contributed by atoms with E-state index in [0.717, 1.165) is 12.1 Å². The van der Waals surface area contributed by atoms with E-state index in [1.807, 2.05) is 19.0 Å². The molecule has 0 atom stereocenters. The van der Waals surface area contributed by atoms with Gasteiger partial charge < -0.3 is 15.5 Å². The van der Waals surface area contributed by atoms with Crippen LogP contribution in [0.2, 0.25) is 5.02 Å². The molecule has 0 aliphatic carbocycles. The van der Waals surface area contributed by atoms with Gasteiger partial charge in [0.25, 0.3) is 10.0 Å². The van der Waals surface area contributed by atoms with Crippen molar-refractivity contribution in [1.29, 1.82) is 0 Å². The van der Waals surface area contributed by atoms with E-state index in [2.05, 4.69) is 25.2 Å². The SMILES string of the molecule is [C-]#[N+]c1ccc(Nc2cc(F)c(S(=O)(=O)Nc3ccccn3)cc2Cl)c(N(C)CCNC)c1. The summed E-state index contributed by atoms with van der Waals surface area (Å²) in [7, 11) is -0.541. The van der Waals surface area contributed by atoms with Gasteiger partial charge in [0, 0.05) is 38.1 Å². The summed E-state index contributed by atoms with van der Waals surface area (Å²) in [5, 5.41) is 6.12. The Balaban J connectivity index is 1.93. The van der Waals surface area contributed by atoms with Gasteiger partial charge >= 0.3 is 0 Å². The molecule has 1 heterocycles. The number of pyridine rings is 1. The van der Waals surface area contributed by atoms with Crippen LogP contribution in [0.4, 0.5) is 33.0 Å². The van der Waals surface area contributed by atoms with E-state index in [4.69, 9.17) is 18.2 Å². The van der Waals surface area contributed by atoms with Gasteiger partial charge in [0.2, 0.25) is 0 Å². The van der Waals surface area contributed by atoms with E-state index >= 15 is 0 Å². The third-order valence-corrected chi connectivity index (χ3v) is 6.39. The summed E-state index contributed by atoms with van der Waals surface area (Å²) in [5.41, 5.74) is 1.93. The second-order valence-electron chi connectivity index (χ2n) is 7.05. The standard InChI is InChI=1S/C22H22ClFN6O2S/c1-25-10-11-30(3)20-12-15(26-2)7-8-18(20)28-19-14-17(24)21(13-16(19)23)33(31,32)29-22-6-4-5-9-27-22/h4-9,12-14,25,28H,10-11H2,1,3H3,(H,27,29). The Morgan fingerprint density at radius 2 is 1.97 bits per heavy atom.